The van der Waals surface area contributed by atoms with E-state index in [0.29, 0.717) is 18.3 Å². The summed E-state index contributed by atoms with van der Waals surface area (Å²) in [4.78, 5) is 16.8. The number of rotatable bonds is 5. The van der Waals surface area contributed by atoms with E-state index in [1.807, 2.05) is 37.3 Å². The zero-order chi connectivity index (χ0) is 16.2. The highest BCUT2D eigenvalue weighted by Crippen LogP contribution is 2.31. The molecule has 0 aliphatic heterocycles. The smallest absolute Gasteiger partial charge is 0.257 e. The van der Waals surface area contributed by atoms with Gasteiger partial charge in [0, 0.05) is 11.5 Å². The number of aromatic nitrogens is 2. The van der Waals surface area contributed by atoms with Gasteiger partial charge in [-0.2, -0.15) is 4.98 Å². The molecule has 2 aromatic rings. The summed E-state index contributed by atoms with van der Waals surface area (Å²) in [6.45, 7) is 2.43. The summed E-state index contributed by atoms with van der Waals surface area (Å²) in [5.74, 6) is 1.27. The van der Waals surface area contributed by atoms with Gasteiger partial charge in [0.15, 0.2) is 5.82 Å². The summed E-state index contributed by atoms with van der Waals surface area (Å²) in [6, 6.07) is 9.28. The Labute approximate surface area is 135 Å². The van der Waals surface area contributed by atoms with Crippen LogP contribution in [0.15, 0.2) is 34.9 Å². The molecule has 122 valence electrons. The van der Waals surface area contributed by atoms with Crippen LogP contribution in [0, 0.1) is 11.8 Å². The SMILES string of the molecule is CC(NC(=O)[C@@H]1CCC[C@@H]1CN)c1noc(-c2ccccc2)n1. The van der Waals surface area contributed by atoms with E-state index in [1.54, 1.807) is 0 Å². The molecule has 3 atom stereocenters. The molecule has 1 unspecified atom stereocenters. The summed E-state index contributed by atoms with van der Waals surface area (Å²) < 4.78 is 5.29. The predicted molar refractivity (Wildman–Crippen MR) is 86.2 cm³/mol. The highest BCUT2D eigenvalue weighted by atomic mass is 16.5. The monoisotopic (exact) mass is 314 g/mol. The number of nitrogens with one attached hydrogen (secondary N) is 1. The number of hydrogen-bond acceptors (Lipinski definition) is 5. The molecule has 1 saturated carbocycles. The number of benzene rings is 1. The maximum absolute atomic E-state index is 12.4. The molecule has 0 radical (unpaired) electrons. The van der Waals surface area contributed by atoms with Crippen molar-refractivity contribution in [1.82, 2.24) is 15.5 Å². The normalized spacial score (nSPS) is 22.0. The average Bonchev–Trinajstić information content (AvgIpc) is 3.24. The van der Waals surface area contributed by atoms with Crippen molar-refractivity contribution in [2.24, 2.45) is 17.6 Å². The van der Waals surface area contributed by atoms with Gasteiger partial charge in [-0.15, -0.1) is 0 Å². The molecular formula is C17H22N4O2. The fourth-order valence-corrected chi connectivity index (χ4v) is 3.16. The summed E-state index contributed by atoms with van der Waals surface area (Å²) in [5, 5.41) is 6.97. The number of nitrogens with zero attached hydrogens (tertiary/aromatic N) is 2. The van der Waals surface area contributed by atoms with Gasteiger partial charge in [-0.3, -0.25) is 4.79 Å². The standard InChI is InChI=1S/C17H22N4O2/c1-11(19-16(22)14-9-5-8-13(14)10-18)15-20-17(23-21-15)12-6-3-2-4-7-12/h2-4,6-7,11,13-14H,5,8-10,18H2,1H3,(H,19,22)/t11?,13-,14-/m1/s1. The maximum atomic E-state index is 12.4. The van der Waals surface area contributed by atoms with Gasteiger partial charge in [-0.25, -0.2) is 0 Å². The minimum Gasteiger partial charge on any atom is -0.346 e. The number of carbonyl (C=O) groups excluding carboxylic acids is 1. The predicted octanol–water partition coefficient (Wildman–Crippen LogP) is 2.29. The number of carbonyl (C=O) groups is 1. The lowest BCUT2D eigenvalue weighted by atomic mass is 9.95. The van der Waals surface area contributed by atoms with Crippen molar-refractivity contribution in [2.45, 2.75) is 32.2 Å². The van der Waals surface area contributed by atoms with E-state index < -0.39 is 0 Å². The molecule has 0 bridgehead atoms. The third kappa shape index (κ3) is 3.42. The highest BCUT2D eigenvalue weighted by molar-refractivity contribution is 5.79. The summed E-state index contributed by atoms with van der Waals surface area (Å²) in [6.07, 6.45) is 3.00. The van der Waals surface area contributed by atoms with E-state index in [0.717, 1.165) is 24.8 Å². The first-order chi connectivity index (χ1) is 11.2. The molecule has 6 heteroatoms. The van der Waals surface area contributed by atoms with Crippen molar-refractivity contribution in [3.05, 3.63) is 36.2 Å². The second-order valence-corrected chi connectivity index (χ2v) is 6.09. The van der Waals surface area contributed by atoms with Crippen LogP contribution in [0.25, 0.3) is 11.5 Å². The fourth-order valence-electron chi connectivity index (χ4n) is 3.16. The van der Waals surface area contributed by atoms with Gasteiger partial charge in [0.25, 0.3) is 5.89 Å². The van der Waals surface area contributed by atoms with Crippen molar-refractivity contribution in [3.63, 3.8) is 0 Å². The van der Waals surface area contributed by atoms with Crippen LogP contribution in [0.1, 0.15) is 38.1 Å². The van der Waals surface area contributed by atoms with Crippen molar-refractivity contribution < 1.29 is 9.32 Å². The lowest BCUT2D eigenvalue weighted by Gasteiger charge is -2.19. The van der Waals surface area contributed by atoms with E-state index >= 15 is 0 Å². The number of hydrogen-bond donors (Lipinski definition) is 2. The van der Waals surface area contributed by atoms with Gasteiger partial charge in [-0.05, 0) is 44.4 Å². The van der Waals surface area contributed by atoms with Crippen molar-refractivity contribution in [3.8, 4) is 11.5 Å². The van der Waals surface area contributed by atoms with E-state index in [1.165, 1.54) is 0 Å². The second-order valence-electron chi connectivity index (χ2n) is 6.09. The van der Waals surface area contributed by atoms with Crippen LogP contribution in [0.2, 0.25) is 0 Å². The minimum atomic E-state index is -0.289. The lowest BCUT2D eigenvalue weighted by molar-refractivity contribution is -0.126. The zero-order valence-corrected chi connectivity index (χ0v) is 13.2. The van der Waals surface area contributed by atoms with Crippen molar-refractivity contribution in [2.75, 3.05) is 6.54 Å². The highest BCUT2D eigenvalue weighted by Gasteiger charge is 2.33. The van der Waals surface area contributed by atoms with Crippen LogP contribution in [0.4, 0.5) is 0 Å². The van der Waals surface area contributed by atoms with Crippen LogP contribution in [-0.2, 0) is 4.79 Å². The van der Waals surface area contributed by atoms with Crippen LogP contribution >= 0.6 is 0 Å². The Balaban J connectivity index is 1.66. The van der Waals surface area contributed by atoms with E-state index in [9.17, 15) is 4.79 Å². The molecule has 3 rings (SSSR count). The van der Waals surface area contributed by atoms with Gasteiger partial charge < -0.3 is 15.6 Å². The number of nitrogens with two attached hydrogens (primary N) is 1. The second kappa shape index (κ2) is 6.91. The van der Waals surface area contributed by atoms with Gasteiger partial charge in [0.05, 0.1) is 6.04 Å². The molecule has 0 saturated heterocycles. The van der Waals surface area contributed by atoms with Crippen LogP contribution in [0.3, 0.4) is 0 Å². The maximum Gasteiger partial charge on any atom is 0.257 e. The molecule has 1 aromatic carbocycles. The Hall–Kier alpha value is -2.21. The Bertz CT molecular complexity index is 656. The lowest BCUT2D eigenvalue weighted by Crippen LogP contribution is -2.36. The molecule has 1 aliphatic carbocycles. The topological polar surface area (TPSA) is 94.0 Å². The van der Waals surface area contributed by atoms with E-state index in [2.05, 4.69) is 15.5 Å². The van der Waals surface area contributed by atoms with Gasteiger partial charge in [0.1, 0.15) is 0 Å². The van der Waals surface area contributed by atoms with Crippen molar-refractivity contribution in [1.29, 1.82) is 0 Å². The molecule has 1 amide bonds. The van der Waals surface area contributed by atoms with E-state index in [-0.39, 0.29) is 23.8 Å². The Morgan fingerprint density at radius 1 is 1.39 bits per heavy atom. The molecule has 1 aromatic heterocycles. The summed E-state index contributed by atoms with van der Waals surface area (Å²) in [5.41, 5.74) is 6.62. The first kappa shape index (κ1) is 15.7. The molecule has 1 heterocycles. The Morgan fingerprint density at radius 2 is 2.17 bits per heavy atom. The molecule has 3 N–H and O–H groups in total. The minimum absolute atomic E-state index is 0.00273. The molecule has 1 fully saturated rings. The number of amides is 1. The molecular weight excluding hydrogens is 292 g/mol. The fraction of sp³-hybridized carbons (Fsp3) is 0.471. The third-order valence-corrected chi connectivity index (χ3v) is 4.51. The molecule has 23 heavy (non-hydrogen) atoms. The van der Waals surface area contributed by atoms with Gasteiger partial charge >= 0.3 is 0 Å². The largest absolute Gasteiger partial charge is 0.346 e. The third-order valence-electron chi connectivity index (χ3n) is 4.51. The Morgan fingerprint density at radius 3 is 2.91 bits per heavy atom. The first-order valence-electron chi connectivity index (χ1n) is 8.08. The first-order valence-corrected chi connectivity index (χ1v) is 8.08. The van der Waals surface area contributed by atoms with Crippen LogP contribution < -0.4 is 11.1 Å². The summed E-state index contributed by atoms with van der Waals surface area (Å²) in [7, 11) is 0. The molecule has 1 aliphatic rings. The Kier molecular flexibility index (Phi) is 4.71. The zero-order valence-electron chi connectivity index (χ0n) is 13.2. The van der Waals surface area contributed by atoms with Crippen LogP contribution in [-0.4, -0.2) is 22.6 Å². The summed E-state index contributed by atoms with van der Waals surface area (Å²) >= 11 is 0. The van der Waals surface area contributed by atoms with Gasteiger partial charge in [0.2, 0.25) is 5.91 Å². The van der Waals surface area contributed by atoms with Crippen LogP contribution in [0.5, 0.6) is 0 Å². The van der Waals surface area contributed by atoms with E-state index in [4.69, 9.17) is 10.3 Å². The van der Waals surface area contributed by atoms with Gasteiger partial charge in [-0.1, -0.05) is 29.8 Å². The average molecular weight is 314 g/mol. The quantitative estimate of drug-likeness (QED) is 0.883. The molecule has 6 nitrogen and oxygen atoms in total. The molecule has 0 spiro atoms. The van der Waals surface area contributed by atoms with Crippen molar-refractivity contribution >= 4 is 5.91 Å².